The summed E-state index contributed by atoms with van der Waals surface area (Å²) in [5.74, 6) is 0.430. The fraction of sp³-hybridized carbons (Fsp3) is 0.286. The van der Waals surface area contributed by atoms with Crippen LogP contribution in [0.3, 0.4) is 0 Å². The van der Waals surface area contributed by atoms with Crippen molar-refractivity contribution in [2.45, 2.75) is 26.7 Å². The zero-order chi connectivity index (χ0) is 12.4. The molecule has 86 valence electrons. The van der Waals surface area contributed by atoms with E-state index in [4.69, 9.17) is 6.57 Å². The Kier molecular flexibility index (Phi) is 2.97. The molecular formula is C14H15N3. The monoisotopic (exact) mass is 225 g/mol. The molecule has 0 unspecified atom stereocenters. The quantitative estimate of drug-likeness (QED) is 0.711. The Bertz CT molecular complexity index is 573. The highest BCUT2D eigenvalue weighted by atomic mass is 15.0. The third-order valence-corrected chi connectivity index (χ3v) is 2.79. The fourth-order valence-electron chi connectivity index (χ4n) is 1.70. The molecule has 3 nitrogen and oxygen atoms in total. The van der Waals surface area contributed by atoms with Crippen molar-refractivity contribution in [1.29, 1.82) is 0 Å². The Morgan fingerprint density at radius 2 is 2.12 bits per heavy atom. The van der Waals surface area contributed by atoms with E-state index in [-0.39, 0.29) is 0 Å². The van der Waals surface area contributed by atoms with Crippen molar-refractivity contribution in [2.24, 2.45) is 0 Å². The summed E-state index contributed by atoms with van der Waals surface area (Å²) < 4.78 is 2.00. The maximum atomic E-state index is 7.03. The number of imidazole rings is 1. The molecule has 3 heteroatoms. The number of nitrogens with zero attached hydrogens (tertiary/aromatic N) is 3. The number of aryl methyl sites for hydroxylation is 1. The van der Waals surface area contributed by atoms with Crippen LogP contribution in [0.5, 0.6) is 0 Å². The fourth-order valence-corrected chi connectivity index (χ4v) is 1.70. The van der Waals surface area contributed by atoms with Crippen LogP contribution in [0.4, 0.5) is 5.69 Å². The van der Waals surface area contributed by atoms with Crippen LogP contribution in [0.15, 0.2) is 30.7 Å². The Hall–Kier alpha value is -2.08. The molecule has 0 aliphatic carbocycles. The maximum Gasteiger partial charge on any atom is 0.190 e. The first-order valence-electron chi connectivity index (χ1n) is 5.64. The topological polar surface area (TPSA) is 22.2 Å². The molecular weight excluding hydrogens is 210 g/mol. The van der Waals surface area contributed by atoms with Crippen LogP contribution in [0.25, 0.3) is 10.5 Å². The molecule has 2 rings (SSSR count). The maximum absolute atomic E-state index is 7.03. The molecule has 17 heavy (non-hydrogen) atoms. The second-order valence-electron chi connectivity index (χ2n) is 4.44. The van der Waals surface area contributed by atoms with Gasteiger partial charge in [0.05, 0.1) is 18.6 Å². The van der Waals surface area contributed by atoms with Crippen molar-refractivity contribution in [3.63, 3.8) is 0 Å². The van der Waals surface area contributed by atoms with Crippen molar-refractivity contribution in [1.82, 2.24) is 9.55 Å². The van der Waals surface area contributed by atoms with Crippen LogP contribution in [-0.2, 0) is 0 Å². The summed E-state index contributed by atoms with van der Waals surface area (Å²) in [4.78, 5) is 7.83. The highest BCUT2D eigenvalue weighted by Gasteiger charge is 2.05. The number of benzene rings is 1. The molecule has 0 amide bonds. The average Bonchev–Trinajstić information content (AvgIpc) is 2.78. The molecule has 1 aromatic carbocycles. The van der Waals surface area contributed by atoms with Gasteiger partial charge in [0.15, 0.2) is 5.69 Å². The third kappa shape index (κ3) is 2.21. The van der Waals surface area contributed by atoms with Crippen LogP contribution in [0.1, 0.15) is 31.0 Å². The molecule has 0 radical (unpaired) electrons. The lowest BCUT2D eigenvalue weighted by molar-refractivity contribution is 0.831. The van der Waals surface area contributed by atoms with Crippen molar-refractivity contribution in [3.8, 4) is 5.69 Å². The lowest BCUT2D eigenvalue weighted by atomic mass is 10.1. The molecule has 1 aromatic heterocycles. The van der Waals surface area contributed by atoms with Crippen molar-refractivity contribution in [3.05, 3.63) is 53.4 Å². The van der Waals surface area contributed by atoms with E-state index in [0.717, 1.165) is 16.9 Å². The summed E-state index contributed by atoms with van der Waals surface area (Å²) in [5, 5.41) is 0. The van der Waals surface area contributed by atoms with Crippen LogP contribution >= 0.6 is 0 Å². The minimum Gasteiger partial charge on any atom is -0.306 e. The lowest BCUT2D eigenvalue weighted by Gasteiger charge is -2.04. The van der Waals surface area contributed by atoms with Crippen molar-refractivity contribution >= 4 is 5.69 Å². The van der Waals surface area contributed by atoms with E-state index >= 15 is 0 Å². The van der Waals surface area contributed by atoms with Gasteiger partial charge in [-0.25, -0.2) is 9.83 Å². The molecule has 0 aliphatic heterocycles. The van der Waals surface area contributed by atoms with E-state index < -0.39 is 0 Å². The van der Waals surface area contributed by atoms with Gasteiger partial charge in [-0.1, -0.05) is 19.9 Å². The standard InChI is InChI=1S/C14H15N3/c1-10(2)14-8-17(9-16-14)12-5-6-13(15-4)11(3)7-12/h5-10H,1-3H3. The molecule has 0 spiro atoms. The van der Waals surface area contributed by atoms with Gasteiger partial charge in [-0.05, 0) is 30.5 Å². The van der Waals surface area contributed by atoms with Gasteiger partial charge in [0.2, 0.25) is 0 Å². The second-order valence-corrected chi connectivity index (χ2v) is 4.44. The number of hydrogen-bond donors (Lipinski definition) is 0. The summed E-state index contributed by atoms with van der Waals surface area (Å²) in [7, 11) is 0. The van der Waals surface area contributed by atoms with Crippen LogP contribution in [-0.4, -0.2) is 9.55 Å². The summed E-state index contributed by atoms with van der Waals surface area (Å²) >= 11 is 0. The summed E-state index contributed by atoms with van der Waals surface area (Å²) in [6.07, 6.45) is 3.86. The molecule has 0 saturated carbocycles. The third-order valence-electron chi connectivity index (χ3n) is 2.79. The normalized spacial score (nSPS) is 10.5. The predicted octanol–water partition coefficient (Wildman–Crippen LogP) is 3.85. The predicted molar refractivity (Wildman–Crippen MR) is 68.7 cm³/mol. The van der Waals surface area contributed by atoms with Gasteiger partial charge in [0.25, 0.3) is 0 Å². The highest BCUT2D eigenvalue weighted by Crippen LogP contribution is 2.22. The first kappa shape index (κ1) is 11.4. The zero-order valence-electron chi connectivity index (χ0n) is 10.3. The molecule has 0 atom stereocenters. The van der Waals surface area contributed by atoms with Gasteiger partial charge in [-0.15, -0.1) is 0 Å². The van der Waals surface area contributed by atoms with Gasteiger partial charge >= 0.3 is 0 Å². The van der Waals surface area contributed by atoms with Crippen molar-refractivity contribution in [2.75, 3.05) is 0 Å². The lowest BCUT2D eigenvalue weighted by Crippen LogP contribution is -1.91. The minimum atomic E-state index is 0.430. The highest BCUT2D eigenvalue weighted by molar-refractivity contribution is 5.56. The Labute approximate surface area is 102 Å². The van der Waals surface area contributed by atoms with Crippen LogP contribution in [0.2, 0.25) is 0 Å². The van der Waals surface area contributed by atoms with Crippen LogP contribution < -0.4 is 0 Å². The molecule has 2 aromatic rings. The summed E-state index contributed by atoms with van der Waals surface area (Å²) in [5.41, 5.74) is 3.83. The van der Waals surface area contributed by atoms with Gasteiger partial charge in [0.1, 0.15) is 0 Å². The summed E-state index contributed by atoms with van der Waals surface area (Å²) in [6.45, 7) is 13.2. The van der Waals surface area contributed by atoms with Gasteiger partial charge in [-0.3, -0.25) is 0 Å². The van der Waals surface area contributed by atoms with E-state index in [2.05, 4.69) is 23.7 Å². The number of rotatable bonds is 2. The Balaban J connectivity index is 2.40. The molecule has 1 heterocycles. The van der Waals surface area contributed by atoms with Crippen LogP contribution in [0, 0.1) is 13.5 Å². The Morgan fingerprint density at radius 1 is 1.35 bits per heavy atom. The zero-order valence-corrected chi connectivity index (χ0v) is 10.3. The molecule has 0 saturated heterocycles. The first-order valence-corrected chi connectivity index (χ1v) is 5.64. The smallest absolute Gasteiger partial charge is 0.190 e. The molecule has 0 N–H and O–H groups in total. The van der Waals surface area contributed by atoms with E-state index in [9.17, 15) is 0 Å². The van der Waals surface area contributed by atoms with E-state index in [1.807, 2.05) is 42.2 Å². The largest absolute Gasteiger partial charge is 0.306 e. The molecule has 0 aliphatic rings. The van der Waals surface area contributed by atoms with Crippen molar-refractivity contribution < 1.29 is 0 Å². The number of aromatic nitrogens is 2. The minimum absolute atomic E-state index is 0.430. The Morgan fingerprint density at radius 3 is 2.65 bits per heavy atom. The molecule has 0 fully saturated rings. The van der Waals surface area contributed by atoms with Gasteiger partial charge < -0.3 is 4.57 Å². The van der Waals surface area contributed by atoms with Gasteiger partial charge in [-0.2, -0.15) is 0 Å². The SMILES string of the molecule is [C-]#[N+]c1ccc(-n2cnc(C(C)C)c2)cc1C. The average molecular weight is 225 g/mol. The molecule has 0 bridgehead atoms. The summed E-state index contributed by atoms with van der Waals surface area (Å²) in [6, 6.07) is 5.82. The van der Waals surface area contributed by atoms with E-state index in [1.165, 1.54) is 0 Å². The first-order chi connectivity index (χ1) is 8.11. The number of hydrogen-bond acceptors (Lipinski definition) is 1. The van der Waals surface area contributed by atoms with Gasteiger partial charge in [0, 0.05) is 11.9 Å². The second kappa shape index (κ2) is 4.42. The van der Waals surface area contributed by atoms with E-state index in [0.29, 0.717) is 11.6 Å². The van der Waals surface area contributed by atoms with E-state index in [1.54, 1.807) is 0 Å².